The van der Waals surface area contributed by atoms with Crippen LogP contribution in [0, 0.1) is 0 Å². The van der Waals surface area contributed by atoms with E-state index in [0.29, 0.717) is 5.92 Å². The fourth-order valence-electron chi connectivity index (χ4n) is 3.45. The van der Waals surface area contributed by atoms with Gasteiger partial charge in [0, 0.05) is 17.1 Å². The number of H-pyrrole nitrogens is 1. The molecule has 21 heavy (non-hydrogen) atoms. The van der Waals surface area contributed by atoms with Gasteiger partial charge in [0.05, 0.1) is 0 Å². The first kappa shape index (κ1) is 13.2. The van der Waals surface area contributed by atoms with E-state index in [-0.39, 0.29) is 10.9 Å². The molecule has 2 aromatic rings. The van der Waals surface area contributed by atoms with Gasteiger partial charge in [-0.05, 0) is 78.4 Å². The molecule has 1 aromatic heterocycles. The van der Waals surface area contributed by atoms with E-state index < -0.39 is 0 Å². The van der Waals surface area contributed by atoms with E-state index in [1.165, 1.54) is 47.3 Å². The van der Waals surface area contributed by atoms with Crippen LogP contribution in [0.15, 0.2) is 52.3 Å². The second-order valence-electron chi connectivity index (χ2n) is 6.14. The number of hydrogen-bond donors (Lipinski definition) is 2. The number of piperidine rings is 1. The summed E-state index contributed by atoms with van der Waals surface area (Å²) >= 11 is 0. The van der Waals surface area contributed by atoms with E-state index in [1.54, 1.807) is 0 Å². The van der Waals surface area contributed by atoms with Crippen LogP contribution in [-0.4, -0.2) is 30.0 Å². The van der Waals surface area contributed by atoms with Gasteiger partial charge in [0.25, 0.3) is 0 Å². The number of likely N-dealkylation sites (tertiary alicyclic amines) is 1. The van der Waals surface area contributed by atoms with Crippen LogP contribution in [0.4, 0.5) is 0 Å². The normalized spacial score (nSPS) is 21.7. The number of allylic oxidation sites excluding steroid dienone is 2. The fraction of sp³-hybridized carbons (Fsp3) is 0.333. The predicted molar refractivity (Wildman–Crippen MR) is 93.3 cm³/mol. The molecule has 0 spiro atoms. The first-order valence-electron chi connectivity index (χ1n) is 7.74. The number of nitrogens with one attached hydrogen (secondary N) is 1. The molecule has 1 saturated heterocycles. The Balaban J connectivity index is 1.70. The monoisotopic (exact) mass is 298 g/mol. The Morgan fingerprint density at radius 3 is 2.67 bits per heavy atom. The van der Waals surface area contributed by atoms with Crippen LogP contribution in [0.25, 0.3) is 10.9 Å². The molecular formula is C18H22N2S. The summed E-state index contributed by atoms with van der Waals surface area (Å²) in [7, 11) is 2.01. The summed E-state index contributed by atoms with van der Waals surface area (Å²) < 4.78 is 0. The van der Waals surface area contributed by atoms with Gasteiger partial charge in [0.2, 0.25) is 0 Å². The van der Waals surface area contributed by atoms with Gasteiger partial charge in [-0.15, -0.1) is 0 Å². The molecule has 2 aliphatic heterocycles. The Bertz CT molecular complexity index is 693. The second kappa shape index (κ2) is 5.39. The van der Waals surface area contributed by atoms with Crippen LogP contribution in [-0.2, 0) is 0 Å². The Morgan fingerprint density at radius 1 is 1.14 bits per heavy atom. The predicted octanol–water partition coefficient (Wildman–Crippen LogP) is 4.38. The molecule has 0 saturated carbocycles. The van der Waals surface area contributed by atoms with E-state index in [4.69, 9.17) is 0 Å². The molecular weight excluding hydrogens is 276 g/mol. The number of rotatable bonds is 2. The summed E-state index contributed by atoms with van der Waals surface area (Å²) in [4.78, 5) is 7.38. The van der Waals surface area contributed by atoms with Crippen LogP contribution < -0.4 is 0 Å². The number of thiol groups is 1. The van der Waals surface area contributed by atoms with Gasteiger partial charge in [0.1, 0.15) is 0 Å². The van der Waals surface area contributed by atoms with Crippen molar-refractivity contribution in [3.8, 4) is 0 Å². The van der Waals surface area contributed by atoms with Gasteiger partial charge in [-0.25, -0.2) is 0 Å². The van der Waals surface area contributed by atoms with E-state index in [9.17, 15) is 0 Å². The summed E-state index contributed by atoms with van der Waals surface area (Å²) in [5.41, 5.74) is 2.82. The molecule has 0 unspecified atom stereocenters. The zero-order chi connectivity index (χ0) is 14.2. The number of aromatic amines is 1. The van der Waals surface area contributed by atoms with Crippen molar-refractivity contribution >= 4 is 21.8 Å². The molecule has 4 rings (SSSR count). The average Bonchev–Trinajstić information content (AvgIpc) is 3.17. The molecule has 2 aliphatic rings. The van der Waals surface area contributed by atoms with Gasteiger partial charge in [0.15, 0.2) is 0 Å². The summed E-state index contributed by atoms with van der Waals surface area (Å²) in [6.45, 7) is 2.43. The van der Waals surface area contributed by atoms with Crippen molar-refractivity contribution in [1.82, 2.24) is 9.88 Å². The number of nitrogens with zero attached hydrogens (tertiary/aromatic N) is 1. The smallest absolute Gasteiger partial charge is 0.0457 e. The maximum Gasteiger partial charge on any atom is 0.0457 e. The van der Waals surface area contributed by atoms with Gasteiger partial charge < -0.3 is 9.88 Å². The Hall–Kier alpha value is -1.45. The van der Waals surface area contributed by atoms with Gasteiger partial charge >= 0.3 is 0 Å². The third-order valence-electron chi connectivity index (χ3n) is 4.76. The minimum atomic E-state index is -0.215. The Morgan fingerprint density at radius 2 is 1.90 bits per heavy atom. The van der Waals surface area contributed by atoms with Crippen LogP contribution in [0.3, 0.4) is 0 Å². The Labute approximate surface area is 128 Å². The Kier molecular flexibility index (Phi) is 3.40. The summed E-state index contributed by atoms with van der Waals surface area (Å²) in [5, 5.41) is 6.11. The van der Waals surface area contributed by atoms with E-state index in [2.05, 4.69) is 64.3 Å². The van der Waals surface area contributed by atoms with Crippen molar-refractivity contribution in [2.45, 2.75) is 23.7 Å². The summed E-state index contributed by atoms with van der Waals surface area (Å²) in [6.07, 6.45) is 9.15. The first-order valence-corrected chi connectivity index (χ1v) is 9.22. The molecule has 110 valence electrons. The fourth-order valence-corrected chi connectivity index (χ4v) is 4.99. The lowest BCUT2D eigenvalue weighted by atomic mass is 9.89. The highest BCUT2D eigenvalue weighted by atomic mass is 32.2. The van der Waals surface area contributed by atoms with Gasteiger partial charge in [-0.2, -0.15) is 10.9 Å². The highest BCUT2D eigenvalue weighted by Crippen LogP contribution is 2.44. The molecule has 0 atom stereocenters. The summed E-state index contributed by atoms with van der Waals surface area (Å²) in [5.74, 6) is 0.715. The highest BCUT2D eigenvalue weighted by Gasteiger charge is 2.21. The van der Waals surface area contributed by atoms with E-state index >= 15 is 0 Å². The zero-order valence-corrected chi connectivity index (χ0v) is 13.3. The lowest BCUT2D eigenvalue weighted by Crippen LogP contribution is -2.29. The minimum absolute atomic E-state index is 0.215. The molecule has 1 aromatic carbocycles. The molecule has 3 heterocycles. The van der Waals surface area contributed by atoms with Crippen molar-refractivity contribution in [3.63, 3.8) is 0 Å². The number of fused-ring (bicyclic) bond motifs is 1. The maximum absolute atomic E-state index is 3.47. The number of hydrogen-bond acceptors (Lipinski definition) is 1. The van der Waals surface area contributed by atoms with E-state index in [0.717, 1.165) is 0 Å². The molecule has 0 aliphatic carbocycles. The lowest BCUT2D eigenvalue weighted by molar-refractivity contribution is 0.256. The van der Waals surface area contributed by atoms with Crippen LogP contribution in [0.2, 0.25) is 0 Å². The molecule has 2 nitrogen and oxygen atoms in total. The van der Waals surface area contributed by atoms with Crippen LogP contribution >= 0.6 is 10.9 Å². The van der Waals surface area contributed by atoms with Crippen molar-refractivity contribution in [1.29, 1.82) is 0 Å². The van der Waals surface area contributed by atoms with Crippen molar-refractivity contribution in [2.24, 2.45) is 0 Å². The zero-order valence-electron chi connectivity index (χ0n) is 12.4. The highest BCUT2D eigenvalue weighted by molar-refractivity contribution is 8.22. The molecule has 0 amide bonds. The lowest BCUT2D eigenvalue weighted by Gasteiger charge is -2.28. The molecule has 1 fully saturated rings. The van der Waals surface area contributed by atoms with Crippen LogP contribution in [0.1, 0.15) is 24.3 Å². The van der Waals surface area contributed by atoms with E-state index in [1.807, 2.05) is 0 Å². The first-order chi connectivity index (χ1) is 10.3. The quantitative estimate of drug-likeness (QED) is 0.788. The van der Waals surface area contributed by atoms with Crippen molar-refractivity contribution in [3.05, 3.63) is 52.9 Å². The van der Waals surface area contributed by atoms with Gasteiger partial charge in [-0.3, -0.25) is 0 Å². The van der Waals surface area contributed by atoms with Gasteiger partial charge in [-0.1, -0.05) is 12.2 Å². The molecule has 3 heteroatoms. The van der Waals surface area contributed by atoms with Crippen molar-refractivity contribution in [2.75, 3.05) is 20.1 Å². The van der Waals surface area contributed by atoms with Crippen LogP contribution in [0.5, 0.6) is 0 Å². The maximum atomic E-state index is 3.47. The molecule has 1 N–H and O–H groups in total. The summed E-state index contributed by atoms with van der Waals surface area (Å²) in [6, 6.07) is 6.96. The molecule has 0 radical (unpaired) electrons. The van der Waals surface area contributed by atoms with Crippen molar-refractivity contribution < 1.29 is 0 Å². The number of benzene rings is 1. The molecule has 0 bridgehead atoms. The second-order valence-corrected chi connectivity index (χ2v) is 8.07. The third-order valence-corrected chi connectivity index (χ3v) is 6.62. The third kappa shape index (κ3) is 2.45. The average molecular weight is 298 g/mol. The minimum Gasteiger partial charge on any atom is -0.361 e. The topological polar surface area (TPSA) is 19.0 Å². The standard InChI is InChI=1S/C18H22N2S/c1-20-8-6-14(7-9-20)17-13-19-18-5-4-15(12-16(17)18)21-10-2-3-11-21/h2-5,10-14,19,21H,6-9H2,1H3. The number of aromatic nitrogens is 1. The SMILES string of the molecule is CN1CCC(c2c[nH]c3ccc([SH]4C=CC=C4)cc23)CC1. The largest absolute Gasteiger partial charge is 0.361 e.